The van der Waals surface area contributed by atoms with Crippen LogP contribution in [0.4, 0.5) is 4.79 Å². The lowest BCUT2D eigenvalue weighted by molar-refractivity contribution is -0.140. The first-order chi connectivity index (χ1) is 8.13. The van der Waals surface area contributed by atoms with Crippen LogP contribution in [0.15, 0.2) is 10.9 Å². The summed E-state index contributed by atoms with van der Waals surface area (Å²) in [6.45, 7) is -0.290. The number of aliphatic hydroxyl groups is 1. The molecule has 0 bridgehead atoms. The largest absolute Gasteiger partial charge is 0.480 e. The zero-order chi connectivity index (χ0) is 12.7. The molecule has 1 heterocycles. The van der Waals surface area contributed by atoms with E-state index in [4.69, 9.17) is 10.2 Å². The number of amides is 2. The molecular formula is C9H13N3O4S. The Balaban J connectivity index is 2.23. The number of nitrogens with zero attached hydrogens (tertiary/aromatic N) is 1. The first-order valence-corrected chi connectivity index (χ1v) is 5.83. The number of hydrogen-bond donors (Lipinski definition) is 4. The lowest BCUT2D eigenvalue weighted by Crippen LogP contribution is -2.48. The highest BCUT2D eigenvalue weighted by Crippen LogP contribution is 2.00. The predicted octanol–water partition coefficient (Wildman–Crippen LogP) is -0.570. The Labute approximate surface area is 101 Å². The van der Waals surface area contributed by atoms with E-state index in [0.717, 1.165) is 5.69 Å². The van der Waals surface area contributed by atoms with E-state index in [-0.39, 0.29) is 0 Å². The van der Waals surface area contributed by atoms with Crippen LogP contribution in [0.3, 0.4) is 0 Å². The van der Waals surface area contributed by atoms with Crippen LogP contribution in [0.5, 0.6) is 0 Å². The Hall–Kier alpha value is -1.67. The number of carboxylic acid groups (broad SMARTS) is 1. The molecule has 0 spiro atoms. The molecule has 8 heteroatoms. The minimum atomic E-state index is -1.28. The first-order valence-electron chi connectivity index (χ1n) is 4.88. The number of carbonyl (C=O) groups excluding carboxylic acids is 1. The number of thiazole rings is 1. The highest BCUT2D eigenvalue weighted by atomic mass is 32.1. The summed E-state index contributed by atoms with van der Waals surface area (Å²) in [5.41, 5.74) is 2.56. The molecular weight excluding hydrogens is 246 g/mol. The number of urea groups is 1. The second-order valence-corrected chi connectivity index (χ2v) is 3.92. The molecule has 94 valence electrons. The molecule has 7 nitrogen and oxygen atoms in total. The van der Waals surface area contributed by atoms with Crippen LogP contribution in [0.2, 0.25) is 0 Å². The van der Waals surface area contributed by atoms with Crippen LogP contribution in [0.1, 0.15) is 5.69 Å². The summed E-state index contributed by atoms with van der Waals surface area (Å²) >= 11 is 1.47. The third-order valence-corrected chi connectivity index (χ3v) is 2.57. The van der Waals surface area contributed by atoms with Crippen molar-refractivity contribution in [1.82, 2.24) is 15.6 Å². The zero-order valence-corrected chi connectivity index (χ0v) is 9.74. The normalized spacial score (nSPS) is 11.8. The summed E-state index contributed by atoms with van der Waals surface area (Å²) in [6.07, 6.45) is 0.577. The quantitative estimate of drug-likeness (QED) is 0.546. The molecule has 1 atom stereocenters. The maximum absolute atomic E-state index is 11.2. The van der Waals surface area contributed by atoms with Crippen molar-refractivity contribution in [2.24, 2.45) is 0 Å². The second-order valence-electron chi connectivity index (χ2n) is 3.20. The molecule has 0 radical (unpaired) electrons. The minimum Gasteiger partial charge on any atom is -0.480 e. The number of nitrogens with one attached hydrogen (secondary N) is 2. The molecule has 0 aromatic carbocycles. The molecule has 1 rings (SSSR count). The van der Waals surface area contributed by atoms with Gasteiger partial charge < -0.3 is 20.8 Å². The van der Waals surface area contributed by atoms with Crippen LogP contribution >= 0.6 is 11.3 Å². The Morgan fingerprint density at radius 3 is 2.82 bits per heavy atom. The van der Waals surface area contributed by atoms with Gasteiger partial charge in [0.15, 0.2) is 6.04 Å². The number of rotatable bonds is 6. The highest BCUT2D eigenvalue weighted by Gasteiger charge is 2.18. The Morgan fingerprint density at radius 1 is 1.53 bits per heavy atom. The third kappa shape index (κ3) is 4.79. The molecule has 0 saturated heterocycles. The fraction of sp³-hybridized carbons (Fsp3) is 0.444. The van der Waals surface area contributed by atoms with Crippen molar-refractivity contribution in [2.75, 3.05) is 13.2 Å². The van der Waals surface area contributed by atoms with Crippen molar-refractivity contribution in [3.63, 3.8) is 0 Å². The van der Waals surface area contributed by atoms with Gasteiger partial charge in [-0.05, 0) is 0 Å². The van der Waals surface area contributed by atoms with Crippen molar-refractivity contribution >= 4 is 23.3 Å². The maximum Gasteiger partial charge on any atom is 0.328 e. The van der Waals surface area contributed by atoms with Crippen molar-refractivity contribution in [2.45, 2.75) is 12.5 Å². The van der Waals surface area contributed by atoms with Gasteiger partial charge in [-0.2, -0.15) is 0 Å². The van der Waals surface area contributed by atoms with Crippen LogP contribution < -0.4 is 10.6 Å². The summed E-state index contributed by atoms with van der Waals surface area (Å²) in [7, 11) is 0. The first kappa shape index (κ1) is 13.4. The van der Waals surface area contributed by atoms with Gasteiger partial charge in [-0.15, -0.1) is 11.3 Å². The molecule has 0 aliphatic heterocycles. The van der Waals surface area contributed by atoms with Gasteiger partial charge >= 0.3 is 12.0 Å². The van der Waals surface area contributed by atoms with Crippen LogP contribution in [-0.2, 0) is 11.2 Å². The fourth-order valence-electron chi connectivity index (χ4n) is 1.06. The van der Waals surface area contributed by atoms with Crippen molar-refractivity contribution in [1.29, 1.82) is 0 Å². The van der Waals surface area contributed by atoms with E-state index in [1.807, 2.05) is 5.38 Å². The average Bonchev–Trinajstić information content (AvgIpc) is 2.78. The number of aromatic nitrogens is 1. The van der Waals surface area contributed by atoms with Gasteiger partial charge in [0.1, 0.15) is 0 Å². The van der Waals surface area contributed by atoms with Gasteiger partial charge in [-0.25, -0.2) is 14.6 Å². The van der Waals surface area contributed by atoms with Crippen molar-refractivity contribution in [3.8, 4) is 0 Å². The van der Waals surface area contributed by atoms with Gasteiger partial charge in [0.2, 0.25) is 0 Å². The Bertz CT molecular complexity index is 368. The molecule has 2 amide bonds. The topological polar surface area (TPSA) is 112 Å². The van der Waals surface area contributed by atoms with E-state index in [9.17, 15) is 9.59 Å². The maximum atomic E-state index is 11.2. The lowest BCUT2D eigenvalue weighted by atomic mass is 10.3. The average molecular weight is 259 g/mol. The van der Waals surface area contributed by atoms with E-state index in [1.54, 1.807) is 5.51 Å². The second kappa shape index (κ2) is 6.81. The summed E-state index contributed by atoms with van der Waals surface area (Å²) in [5, 5.41) is 23.8. The molecule has 17 heavy (non-hydrogen) atoms. The van der Waals surface area contributed by atoms with Crippen LogP contribution in [0, 0.1) is 0 Å². The molecule has 0 unspecified atom stereocenters. The highest BCUT2D eigenvalue weighted by molar-refractivity contribution is 7.07. The van der Waals surface area contributed by atoms with Gasteiger partial charge in [-0.1, -0.05) is 0 Å². The monoisotopic (exact) mass is 259 g/mol. The van der Waals surface area contributed by atoms with Crippen LogP contribution in [-0.4, -0.2) is 46.4 Å². The molecule has 1 aromatic heterocycles. The van der Waals surface area contributed by atoms with Gasteiger partial charge in [0.05, 0.1) is 17.8 Å². The van der Waals surface area contributed by atoms with Gasteiger partial charge in [0.25, 0.3) is 0 Å². The Kier molecular flexibility index (Phi) is 5.37. The van der Waals surface area contributed by atoms with E-state index in [1.165, 1.54) is 11.3 Å². The molecule has 0 saturated carbocycles. The lowest BCUT2D eigenvalue weighted by Gasteiger charge is -2.12. The number of hydrogen-bond acceptors (Lipinski definition) is 5. The number of aliphatic hydroxyl groups excluding tert-OH is 1. The van der Waals surface area contributed by atoms with E-state index in [2.05, 4.69) is 15.6 Å². The third-order valence-electron chi connectivity index (χ3n) is 1.94. The predicted molar refractivity (Wildman–Crippen MR) is 60.9 cm³/mol. The van der Waals surface area contributed by atoms with E-state index in [0.29, 0.717) is 13.0 Å². The summed E-state index contributed by atoms with van der Waals surface area (Å²) < 4.78 is 0. The SMILES string of the molecule is O=C(NCCc1cscn1)N[C@@H](CO)C(=O)O. The Morgan fingerprint density at radius 2 is 2.29 bits per heavy atom. The van der Waals surface area contributed by atoms with E-state index >= 15 is 0 Å². The molecule has 0 fully saturated rings. The van der Waals surface area contributed by atoms with Gasteiger partial charge in [0, 0.05) is 18.3 Å². The molecule has 4 N–H and O–H groups in total. The minimum absolute atomic E-state index is 0.354. The number of aliphatic carboxylic acids is 1. The molecule has 0 aliphatic rings. The van der Waals surface area contributed by atoms with Crippen molar-refractivity contribution in [3.05, 3.63) is 16.6 Å². The summed E-state index contributed by atoms with van der Waals surface area (Å²) in [5.74, 6) is -1.28. The molecule has 1 aromatic rings. The van der Waals surface area contributed by atoms with E-state index < -0.39 is 24.6 Å². The van der Waals surface area contributed by atoms with Crippen molar-refractivity contribution < 1.29 is 19.8 Å². The zero-order valence-electron chi connectivity index (χ0n) is 8.92. The number of carboxylic acids is 1. The van der Waals surface area contributed by atoms with Gasteiger partial charge in [-0.3, -0.25) is 0 Å². The standard InChI is InChI=1S/C9H13N3O4S/c13-3-7(8(14)15)12-9(16)10-2-1-6-4-17-5-11-6/h4-5,7,13H,1-3H2,(H,14,15)(H2,10,12,16)/t7-/m0/s1. The summed E-state index contributed by atoms with van der Waals surface area (Å²) in [6, 6.07) is -1.91. The smallest absolute Gasteiger partial charge is 0.328 e. The van der Waals surface area contributed by atoms with Crippen LogP contribution in [0.25, 0.3) is 0 Å². The molecule has 0 aliphatic carbocycles. The number of carbonyl (C=O) groups is 2. The summed E-state index contributed by atoms with van der Waals surface area (Å²) in [4.78, 5) is 25.8. The fourth-order valence-corrected chi connectivity index (χ4v) is 1.65.